The molecule has 1 fully saturated rings. The van der Waals surface area contributed by atoms with Gasteiger partial charge in [-0.15, -0.1) is 5.10 Å². The van der Waals surface area contributed by atoms with Crippen LogP contribution in [0.4, 0.5) is 13.2 Å². The fourth-order valence-electron chi connectivity index (χ4n) is 1.98. The van der Waals surface area contributed by atoms with Crippen molar-refractivity contribution in [3.05, 3.63) is 11.8 Å². The third-order valence-electron chi connectivity index (χ3n) is 3.29. The maximum atomic E-state index is 12.3. The number of halogens is 3. The van der Waals surface area contributed by atoms with Gasteiger partial charge in [-0.2, -0.15) is 32.2 Å². The molecule has 2 N–H and O–H groups in total. The van der Waals surface area contributed by atoms with E-state index in [0.29, 0.717) is 18.8 Å². The smallest absolute Gasteiger partial charge is 0.354 e. The number of rotatable bonds is 4. The molecular formula is C10H16F3N3O5S2. The van der Waals surface area contributed by atoms with Crippen LogP contribution in [0.2, 0.25) is 0 Å². The molecule has 1 aliphatic rings. The van der Waals surface area contributed by atoms with Gasteiger partial charge < -0.3 is 4.18 Å². The highest BCUT2D eigenvalue weighted by Crippen LogP contribution is 2.40. The van der Waals surface area contributed by atoms with Gasteiger partial charge in [0.15, 0.2) is 0 Å². The van der Waals surface area contributed by atoms with Gasteiger partial charge in [0.25, 0.3) is 5.88 Å². The van der Waals surface area contributed by atoms with Gasteiger partial charge in [0.2, 0.25) is 0 Å². The maximum Gasteiger partial charge on any atom is 0.534 e. The van der Waals surface area contributed by atoms with E-state index in [0.717, 1.165) is 6.07 Å². The molecule has 0 atom stereocenters. The first-order valence-electron chi connectivity index (χ1n) is 6.39. The Morgan fingerprint density at radius 2 is 1.91 bits per heavy atom. The Labute approximate surface area is 132 Å². The molecule has 1 saturated heterocycles. The summed E-state index contributed by atoms with van der Waals surface area (Å²) in [6, 6.07) is 1.11. The van der Waals surface area contributed by atoms with E-state index in [2.05, 4.69) is 9.28 Å². The number of nitrogens with zero attached hydrogens (tertiary/aromatic N) is 3. The van der Waals surface area contributed by atoms with Crippen LogP contribution in [0.3, 0.4) is 0 Å². The Balaban J connectivity index is 2.05. The van der Waals surface area contributed by atoms with Gasteiger partial charge in [0.1, 0.15) is 0 Å². The van der Waals surface area contributed by atoms with E-state index in [9.17, 15) is 30.7 Å². The zero-order valence-corrected chi connectivity index (χ0v) is 13.7. The predicted molar refractivity (Wildman–Crippen MR) is 76.7 cm³/mol. The second kappa shape index (κ2) is 6.12. The highest BCUT2D eigenvalue weighted by molar-refractivity contribution is 8.24. The van der Waals surface area contributed by atoms with E-state index in [1.807, 2.05) is 4.90 Å². The first-order valence-corrected chi connectivity index (χ1v) is 9.68. The van der Waals surface area contributed by atoms with Crippen LogP contribution in [-0.2, 0) is 23.7 Å². The molecule has 0 unspecified atom stereocenters. The van der Waals surface area contributed by atoms with Crippen molar-refractivity contribution in [2.75, 3.05) is 24.6 Å². The summed E-state index contributed by atoms with van der Waals surface area (Å²) in [6.45, 7) is 1.09. The monoisotopic (exact) mass is 379 g/mol. The van der Waals surface area contributed by atoms with Crippen LogP contribution in [0.25, 0.3) is 0 Å². The standard InChI is InChI=1S/C10H16F3N3O5S2/c1-15-8(7-16-2-4-22(17,18)5-3-16)6-9(14-15)21-23(19,20)10(11,12)13/h6,17-18H,2-5,7H2,1H3. The highest BCUT2D eigenvalue weighted by atomic mass is 32.3. The number of aryl methyl sites for hydroxylation is 1. The molecule has 1 aromatic heterocycles. The van der Waals surface area contributed by atoms with Gasteiger partial charge in [-0.25, -0.2) is 0 Å². The molecule has 23 heavy (non-hydrogen) atoms. The molecule has 0 saturated carbocycles. The fraction of sp³-hybridized carbons (Fsp3) is 0.700. The minimum atomic E-state index is -5.75. The normalized spacial score (nSPS) is 21.1. The Morgan fingerprint density at radius 3 is 2.43 bits per heavy atom. The van der Waals surface area contributed by atoms with E-state index < -0.39 is 32.1 Å². The van der Waals surface area contributed by atoms with Gasteiger partial charge in [0, 0.05) is 32.7 Å². The second-order valence-electron chi connectivity index (χ2n) is 5.07. The fourth-order valence-corrected chi connectivity index (χ4v) is 3.68. The van der Waals surface area contributed by atoms with Crippen LogP contribution >= 0.6 is 10.6 Å². The Bertz CT molecular complexity index is 664. The SMILES string of the molecule is Cn1nc(OS(=O)(=O)C(F)(F)F)cc1CN1CCS(O)(O)CC1. The number of hydrogen-bond acceptors (Lipinski definition) is 7. The van der Waals surface area contributed by atoms with Crippen LogP contribution in [-0.4, -0.2) is 62.3 Å². The summed E-state index contributed by atoms with van der Waals surface area (Å²) in [6.07, 6.45) is 0. The van der Waals surface area contributed by atoms with Crippen molar-refractivity contribution < 1.29 is 34.9 Å². The molecule has 134 valence electrons. The summed E-state index contributed by atoms with van der Waals surface area (Å²) in [5.41, 5.74) is -5.08. The van der Waals surface area contributed by atoms with Crippen molar-refractivity contribution in [2.45, 2.75) is 12.1 Å². The molecule has 0 aliphatic carbocycles. The number of hydrogen-bond donors (Lipinski definition) is 2. The first kappa shape index (κ1) is 18.3. The van der Waals surface area contributed by atoms with Crippen molar-refractivity contribution in [1.29, 1.82) is 0 Å². The van der Waals surface area contributed by atoms with Crippen molar-refractivity contribution in [3.8, 4) is 5.88 Å². The summed E-state index contributed by atoms with van der Waals surface area (Å²) in [7, 11) is -6.86. The van der Waals surface area contributed by atoms with Gasteiger partial charge >= 0.3 is 15.6 Å². The summed E-state index contributed by atoms with van der Waals surface area (Å²) in [5.74, 6) is -0.228. The summed E-state index contributed by atoms with van der Waals surface area (Å²) in [5, 5.41) is 3.60. The summed E-state index contributed by atoms with van der Waals surface area (Å²) in [4.78, 5) is 1.86. The topological polar surface area (TPSA) is 105 Å². The Morgan fingerprint density at radius 1 is 1.35 bits per heavy atom. The molecule has 1 aliphatic heterocycles. The number of alkyl halides is 3. The van der Waals surface area contributed by atoms with Crippen molar-refractivity contribution in [3.63, 3.8) is 0 Å². The molecule has 8 nitrogen and oxygen atoms in total. The summed E-state index contributed by atoms with van der Waals surface area (Å²) < 4.78 is 82.9. The van der Waals surface area contributed by atoms with Gasteiger partial charge in [-0.05, 0) is 0 Å². The molecule has 0 aromatic carbocycles. The largest absolute Gasteiger partial charge is 0.534 e. The van der Waals surface area contributed by atoms with E-state index >= 15 is 0 Å². The third kappa shape index (κ3) is 4.50. The lowest BCUT2D eigenvalue weighted by Crippen LogP contribution is -2.38. The second-order valence-corrected chi connectivity index (χ2v) is 9.03. The predicted octanol–water partition coefficient (Wildman–Crippen LogP) is 1.21. The lowest BCUT2D eigenvalue weighted by molar-refractivity contribution is -0.0501. The Kier molecular flexibility index (Phi) is 4.88. The zero-order chi connectivity index (χ0) is 17.5. The lowest BCUT2D eigenvalue weighted by atomic mass is 10.3. The van der Waals surface area contributed by atoms with Crippen LogP contribution in [0.5, 0.6) is 5.88 Å². The third-order valence-corrected chi connectivity index (χ3v) is 5.92. The number of aromatic nitrogens is 2. The van der Waals surface area contributed by atoms with Gasteiger partial charge in [-0.3, -0.25) is 18.7 Å². The molecule has 2 heterocycles. The van der Waals surface area contributed by atoms with E-state index in [4.69, 9.17) is 0 Å². The maximum absolute atomic E-state index is 12.3. The van der Waals surface area contributed by atoms with Crippen molar-refractivity contribution in [1.82, 2.24) is 14.7 Å². The molecule has 0 spiro atoms. The lowest BCUT2D eigenvalue weighted by Gasteiger charge is -2.40. The molecule has 0 bridgehead atoms. The van der Waals surface area contributed by atoms with Gasteiger partial charge in [0.05, 0.1) is 17.2 Å². The van der Waals surface area contributed by atoms with Crippen LogP contribution in [0.15, 0.2) is 6.07 Å². The molecule has 0 amide bonds. The highest BCUT2D eigenvalue weighted by Gasteiger charge is 2.49. The minimum Gasteiger partial charge on any atom is -0.354 e. The molecular weight excluding hydrogens is 363 g/mol. The van der Waals surface area contributed by atoms with Crippen LogP contribution < -0.4 is 4.18 Å². The average molecular weight is 379 g/mol. The average Bonchev–Trinajstić information content (AvgIpc) is 2.70. The van der Waals surface area contributed by atoms with Gasteiger partial charge in [-0.1, -0.05) is 0 Å². The van der Waals surface area contributed by atoms with Crippen LogP contribution in [0.1, 0.15) is 5.69 Å². The quantitative estimate of drug-likeness (QED) is 0.598. The van der Waals surface area contributed by atoms with E-state index in [-0.39, 0.29) is 18.1 Å². The van der Waals surface area contributed by atoms with Crippen molar-refractivity contribution in [2.24, 2.45) is 7.05 Å². The molecule has 2 rings (SSSR count). The first-order chi connectivity index (χ1) is 10.4. The van der Waals surface area contributed by atoms with Crippen molar-refractivity contribution >= 4 is 20.7 Å². The summed E-state index contributed by atoms with van der Waals surface area (Å²) >= 11 is 0. The minimum absolute atomic E-state index is 0.219. The Hall–Kier alpha value is -1.02. The molecule has 1 aromatic rings. The zero-order valence-electron chi connectivity index (χ0n) is 12.0. The van der Waals surface area contributed by atoms with E-state index in [1.165, 1.54) is 11.7 Å². The van der Waals surface area contributed by atoms with Crippen LogP contribution in [0, 0.1) is 0 Å². The molecule has 13 heteroatoms. The molecule has 0 radical (unpaired) electrons. The van der Waals surface area contributed by atoms with E-state index in [1.54, 1.807) is 0 Å².